The van der Waals surface area contributed by atoms with Gasteiger partial charge in [-0.2, -0.15) is 0 Å². The lowest BCUT2D eigenvalue weighted by Gasteiger charge is -2.18. The molecule has 2 fully saturated rings. The fraction of sp³-hybridized carbons (Fsp3) is 0.700. The molecule has 2 saturated carbocycles. The highest BCUT2D eigenvalue weighted by Gasteiger charge is 2.41. The second kappa shape index (κ2) is 2.50. The van der Waals surface area contributed by atoms with Crippen LogP contribution in [-0.2, 0) is 0 Å². The Morgan fingerprint density at radius 3 is 2.85 bits per heavy atom. The first kappa shape index (κ1) is 7.42. The number of aromatic nitrogens is 1. The first-order chi connectivity index (χ1) is 6.33. The third-order valence-electron chi connectivity index (χ3n) is 3.66. The molecule has 1 heterocycles. The fourth-order valence-electron chi connectivity index (χ4n) is 3.09. The summed E-state index contributed by atoms with van der Waals surface area (Å²) in [5, 5.41) is 4.02. The monoisotopic (exact) mass is 178 g/mol. The van der Waals surface area contributed by atoms with Crippen molar-refractivity contribution in [3.8, 4) is 0 Å². The van der Waals surface area contributed by atoms with E-state index >= 15 is 0 Å². The minimum Gasteiger partial charge on any atom is -0.368 e. The Hall–Kier alpha value is -0.990. The van der Waals surface area contributed by atoms with Gasteiger partial charge in [-0.3, -0.25) is 0 Å². The molecule has 3 rings (SSSR count). The van der Waals surface area contributed by atoms with Crippen LogP contribution in [0, 0.1) is 11.8 Å². The van der Waals surface area contributed by atoms with Crippen LogP contribution in [0.4, 0.5) is 5.88 Å². The highest BCUT2D eigenvalue weighted by atomic mass is 16.5. The molecule has 0 spiro atoms. The van der Waals surface area contributed by atoms with E-state index in [1.807, 2.05) is 6.07 Å². The lowest BCUT2D eigenvalue weighted by Crippen LogP contribution is -2.08. The van der Waals surface area contributed by atoms with E-state index in [0.717, 1.165) is 17.5 Å². The number of nitrogens with zero attached hydrogens (tertiary/aromatic N) is 1. The summed E-state index contributed by atoms with van der Waals surface area (Å²) >= 11 is 0. The van der Waals surface area contributed by atoms with Crippen LogP contribution in [0.25, 0.3) is 0 Å². The lowest BCUT2D eigenvalue weighted by atomic mass is 9.86. The fourth-order valence-corrected chi connectivity index (χ4v) is 3.09. The van der Waals surface area contributed by atoms with Crippen molar-refractivity contribution in [3.05, 3.63) is 11.8 Å². The van der Waals surface area contributed by atoms with Crippen molar-refractivity contribution in [2.45, 2.75) is 31.6 Å². The van der Waals surface area contributed by atoms with E-state index in [1.165, 1.54) is 25.7 Å². The third kappa shape index (κ3) is 1.06. The van der Waals surface area contributed by atoms with E-state index in [0.29, 0.717) is 11.8 Å². The van der Waals surface area contributed by atoms with E-state index in [-0.39, 0.29) is 0 Å². The average molecular weight is 178 g/mol. The minimum absolute atomic E-state index is 0.456. The van der Waals surface area contributed by atoms with Crippen molar-refractivity contribution >= 4 is 5.88 Å². The number of rotatable bonds is 1. The number of anilines is 1. The molecule has 2 N–H and O–H groups in total. The van der Waals surface area contributed by atoms with Crippen molar-refractivity contribution < 1.29 is 4.52 Å². The molecule has 0 radical (unpaired) electrons. The molecule has 1 aromatic rings. The minimum atomic E-state index is 0.456. The first-order valence-corrected chi connectivity index (χ1v) is 5.05. The van der Waals surface area contributed by atoms with Gasteiger partial charge in [-0.05, 0) is 31.1 Å². The predicted molar refractivity (Wildman–Crippen MR) is 49.1 cm³/mol. The molecular weight excluding hydrogens is 164 g/mol. The van der Waals surface area contributed by atoms with Crippen LogP contribution in [0.3, 0.4) is 0 Å². The molecule has 3 unspecified atom stereocenters. The number of hydrogen-bond acceptors (Lipinski definition) is 3. The van der Waals surface area contributed by atoms with Gasteiger partial charge in [0.15, 0.2) is 0 Å². The van der Waals surface area contributed by atoms with Crippen LogP contribution in [0.2, 0.25) is 0 Å². The van der Waals surface area contributed by atoms with Crippen LogP contribution in [0.5, 0.6) is 0 Å². The van der Waals surface area contributed by atoms with Crippen LogP contribution in [-0.4, -0.2) is 5.16 Å². The van der Waals surface area contributed by atoms with Crippen molar-refractivity contribution in [2.24, 2.45) is 11.8 Å². The second-order valence-electron chi connectivity index (χ2n) is 4.44. The Morgan fingerprint density at radius 2 is 2.31 bits per heavy atom. The van der Waals surface area contributed by atoms with Gasteiger partial charge in [0.2, 0.25) is 5.88 Å². The summed E-state index contributed by atoms with van der Waals surface area (Å²) in [4.78, 5) is 0. The maximum absolute atomic E-state index is 5.52. The van der Waals surface area contributed by atoms with Gasteiger partial charge in [0.25, 0.3) is 0 Å². The van der Waals surface area contributed by atoms with Crippen LogP contribution in [0.15, 0.2) is 10.6 Å². The molecule has 0 amide bonds. The van der Waals surface area contributed by atoms with Gasteiger partial charge in [-0.25, -0.2) is 0 Å². The van der Waals surface area contributed by atoms with E-state index in [2.05, 4.69) is 5.16 Å². The zero-order valence-corrected chi connectivity index (χ0v) is 7.57. The van der Waals surface area contributed by atoms with Crippen molar-refractivity contribution in [2.75, 3.05) is 5.73 Å². The van der Waals surface area contributed by atoms with E-state index in [1.54, 1.807) is 0 Å². The SMILES string of the molecule is Nc1cc(C2CC3CCC2C3)no1. The van der Waals surface area contributed by atoms with Gasteiger partial charge in [-0.1, -0.05) is 11.6 Å². The van der Waals surface area contributed by atoms with Gasteiger partial charge in [0.1, 0.15) is 0 Å². The number of nitrogen functional groups attached to an aromatic ring is 1. The van der Waals surface area contributed by atoms with Gasteiger partial charge in [-0.15, -0.1) is 0 Å². The maximum atomic E-state index is 5.52. The summed E-state index contributed by atoms with van der Waals surface area (Å²) in [5.41, 5.74) is 6.60. The van der Waals surface area contributed by atoms with Crippen LogP contribution >= 0.6 is 0 Å². The number of fused-ring (bicyclic) bond motifs is 2. The predicted octanol–water partition coefficient (Wildman–Crippen LogP) is 2.16. The number of hydrogen-bond donors (Lipinski definition) is 1. The first-order valence-electron chi connectivity index (χ1n) is 5.05. The molecule has 0 aliphatic heterocycles. The third-order valence-corrected chi connectivity index (χ3v) is 3.66. The summed E-state index contributed by atoms with van der Waals surface area (Å²) in [7, 11) is 0. The van der Waals surface area contributed by atoms with Crippen LogP contribution in [0.1, 0.15) is 37.3 Å². The Kier molecular flexibility index (Phi) is 1.43. The largest absolute Gasteiger partial charge is 0.368 e. The van der Waals surface area contributed by atoms with Crippen molar-refractivity contribution in [3.63, 3.8) is 0 Å². The van der Waals surface area contributed by atoms with Crippen molar-refractivity contribution in [1.82, 2.24) is 5.16 Å². The molecule has 70 valence electrons. The normalized spacial score (nSPS) is 37.1. The van der Waals surface area contributed by atoms with E-state index in [4.69, 9.17) is 10.3 Å². The summed E-state index contributed by atoms with van der Waals surface area (Å²) in [6, 6.07) is 1.89. The second-order valence-corrected chi connectivity index (χ2v) is 4.44. The molecule has 3 atom stereocenters. The van der Waals surface area contributed by atoms with Gasteiger partial charge in [0, 0.05) is 12.0 Å². The topological polar surface area (TPSA) is 52.0 Å². The standard InChI is InChI=1S/C10H14N2O/c11-10-5-9(12-13-10)8-4-6-1-2-7(8)3-6/h5-8H,1-4,11H2. The van der Waals surface area contributed by atoms with Gasteiger partial charge < -0.3 is 10.3 Å². The molecule has 2 aliphatic rings. The highest BCUT2D eigenvalue weighted by molar-refractivity contribution is 5.27. The molecule has 3 heteroatoms. The zero-order chi connectivity index (χ0) is 8.84. The number of nitrogens with two attached hydrogens (primary N) is 1. The zero-order valence-electron chi connectivity index (χ0n) is 7.57. The van der Waals surface area contributed by atoms with Crippen molar-refractivity contribution in [1.29, 1.82) is 0 Å². The van der Waals surface area contributed by atoms with E-state index in [9.17, 15) is 0 Å². The Labute approximate surface area is 77.3 Å². The molecular formula is C10H14N2O. The Bertz CT molecular complexity index is 320. The summed E-state index contributed by atoms with van der Waals surface area (Å²) < 4.78 is 4.91. The highest BCUT2D eigenvalue weighted by Crippen LogP contribution is 2.52. The summed E-state index contributed by atoms with van der Waals surface area (Å²) in [5.74, 6) is 2.90. The van der Waals surface area contributed by atoms with E-state index < -0.39 is 0 Å². The summed E-state index contributed by atoms with van der Waals surface area (Å²) in [6.45, 7) is 0. The molecule has 2 bridgehead atoms. The quantitative estimate of drug-likeness (QED) is 0.717. The molecule has 0 aromatic carbocycles. The Balaban J connectivity index is 1.87. The lowest BCUT2D eigenvalue weighted by molar-refractivity contribution is 0.375. The Morgan fingerprint density at radius 1 is 1.38 bits per heavy atom. The summed E-state index contributed by atoms with van der Waals surface area (Å²) in [6.07, 6.45) is 5.50. The smallest absolute Gasteiger partial charge is 0.222 e. The average Bonchev–Trinajstić information content (AvgIpc) is 2.77. The van der Waals surface area contributed by atoms with Crippen LogP contribution < -0.4 is 5.73 Å². The molecule has 13 heavy (non-hydrogen) atoms. The molecule has 3 nitrogen and oxygen atoms in total. The molecule has 0 saturated heterocycles. The maximum Gasteiger partial charge on any atom is 0.222 e. The molecule has 1 aromatic heterocycles. The van der Waals surface area contributed by atoms with Gasteiger partial charge in [0.05, 0.1) is 5.69 Å². The van der Waals surface area contributed by atoms with Gasteiger partial charge >= 0.3 is 0 Å². The molecule has 2 aliphatic carbocycles.